The molecule has 1 amide bonds. The lowest BCUT2D eigenvalue weighted by atomic mass is 10.1. The normalized spacial score (nSPS) is 10.6. The maximum Gasteiger partial charge on any atom is 0.241 e. The summed E-state index contributed by atoms with van der Waals surface area (Å²) in [5.41, 5.74) is 2.03. The van der Waals surface area contributed by atoms with E-state index in [-0.39, 0.29) is 12.5 Å². The summed E-state index contributed by atoms with van der Waals surface area (Å²) in [4.78, 5) is 12.2. The van der Waals surface area contributed by atoms with Crippen LogP contribution in [0.3, 0.4) is 0 Å². The van der Waals surface area contributed by atoms with Crippen LogP contribution in [0.2, 0.25) is 0 Å². The molecule has 130 valence electrons. The van der Waals surface area contributed by atoms with Crippen LogP contribution in [-0.4, -0.2) is 36.5 Å². The molecule has 0 bridgehead atoms. The summed E-state index contributed by atoms with van der Waals surface area (Å²) in [6, 6.07) is 13.6. The molecule has 0 aliphatic rings. The molecule has 0 fully saturated rings. The number of fused-ring (bicyclic) bond motifs is 1. The first-order valence-electron chi connectivity index (χ1n) is 8.09. The maximum absolute atomic E-state index is 12.2. The van der Waals surface area contributed by atoms with Crippen molar-refractivity contribution < 1.29 is 14.3 Å². The predicted octanol–water partition coefficient (Wildman–Crippen LogP) is 2.41. The summed E-state index contributed by atoms with van der Waals surface area (Å²) in [7, 11) is 3.22. The number of nitrogens with zero attached hydrogens (tertiary/aromatic N) is 2. The lowest BCUT2D eigenvalue weighted by Gasteiger charge is -2.10. The molecule has 0 unspecified atom stereocenters. The molecule has 0 saturated carbocycles. The molecule has 0 radical (unpaired) electrons. The van der Waals surface area contributed by atoms with E-state index < -0.39 is 0 Å². The van der Waals surface area contributed by atoms with Crippen LogP contribution < -0.4 is 14.8 Å². The molecule has 6 nitrogen and oxygen atoms in total. The fourth-order valence-corrected chi connectivity index (χ4v) is 2.73. The zero-order valence-electron chi connectivity index (χ0n) is 14.4. The second kappa shape index (κ2) is 7.70. The lowest BCUT2D eigenvalue weighted by Crippen LogP contribution is -2.29. The molecule has 3 aromatic rings. The van der Waals surface area contributed by atoms with Gasteiger partial charge in [0.1, 0.15) is 6.54 Å². The van der Waals surface area contributed by atoms with Gasteiger partial charge in [-0.1, -0.05) is 24.3 Å². The third-order valence-electron chi connectivity index (χ3n) is 4.03. The van der Waals surface area contributed by atoms with Crippen molar-refractivity contribution >= 4 is 16.8 Å². The largest absolute Gasteiger partial charge is 0.493 e. The van der Waals surface area contributed by atoms with Crippen molar-refractivity contribution in [2.24, 2.45) is 0 Å². The molecule has 3 rings (SSSR count). The lowest BCUT2D eigenvalue weighted by molar-refractivity contribution is -0.121. The monoisotopic (exact) mass is 339 g/mol. The SMILES string of the molecule is COc1ccc(CCNC(=O)Cn2ncc3ccccc32)cc1OC. The van der Waals surface area contributed by atoms with Crippen molar-refractivity contribution in [3.8, 4) is 11.5 Å². The molecule has 0 aliphatic carbocycles. The Hall–Kier alpha value is -3.02. The van der Waals surface area contributed by atoms with E-state index in [1.807, 2.05) is 42.5 Å². The molecule has 1 heterocycles. The first-order chi connectivity index (χ1) is 12.2. The van der Waals surface area contributed by atoms with E-state index >= 15 is 0 Å². The molecule has 0 atom stereocenters. The van der Waals surface area contributed by atoms with E-state index in [1.54, 1.807) is 25.1 Å². The zero-order valence-corrected chi connectivity index (χ0v) is 14.4. The minimum Gasteiger partial charge on any atom is -0.493 e. The Morgan fingerprint density at radius 2 is 1.92 bits per heavy atom. The molecule has 1 aromatic heterocycles. The summed E-state index contributed by atoms with van der Waals surface area (Å²) in [5.74, 6) is 1.32. The first-order valence-corrected chi connectivity index (χ1v) is 8.09. The van der Waals surface area contributed by atoms with Crippen LogP contribution in [0.4, 0.5) is 0 Å². The van der Waals surface area contributed by atoms with Crippen molar-refractivity contribution in [2.75, 3.05) is 20.8 Å². The summed E-state index contributed by atoms with van der Waals surface area (Å²) >= 11 is 0. The van der Waals surface area contributed by atoms with Crippen molar-refractivity contribution in [3.63, 3.8) is 0 Å². The highest BCUT2D eigenvalue weighted by atomic mass is 16.5. The van der Waals surface area contributed by atoms with Crippen LogP contribution in [0.15, 0.2) is 48.7 Å². The van der Waals surface area contributed by atoms with E-state index in [4.69, 9.17) is 9.47 Å². The van der Waals surface area contributed by atoms with Crippen LogP contribution in [0.25, 0.3) is 10.9 Å². The third-order valence-corrected chi connectivity index (χ3v) is 4.03. The highest BCUT2D eigenvalue weighted by Crippen LogP contribution is 2.27. The number of hydrogen-bond donors (Lipinski definition) is 1. The highest BCUT2D eigenvalue weighted by Gasteiger charge is 2.08. The summed E-state index contributed by atoms with van der Waals surface area (Å²) in [6.07, 6.45) is 2.48. The number of para-hydroxylation sites is 1. The molecule has 25 heavy (non-hydrogen) atoms. The van der Waals surface area contributed by atoms with Gasteiger partial charge in [-0.2, -0.15) is 5.10 Å². The average molecular weight is 339 g/mol. The number of ether oxygens (including phenoxy) is 2. The third kappa shape index (κ3) is 3.91. The fourth-order valence-electron chi connectivity index (χ4n) is 2.73. The quantitative estimate of drug-likeness (QED) is 0.718. The van der Waals surface area contributed by atoms with E-state index in [0.29, 0.717) is 24.5 Å². The van der Waals surface area contributed by atoms with Gasteiger partial charge in [-0.15, -0.1) is 0 Å². The Bertz CT molecular complexity index is 873. The van der Waals surface area contributed by atoms with Crippen molar-refractivity contribution in [1.82, 2.24) is 15.1 Å². The van der Waals surface area contributed by atoms with E-state index in [9.17, 15) is 4.79 Å². The van der Waals surface area contributed by atoms with Gasteiger partial charge in [0.15, 0.2) is 11.5 Å². The smallest absolute Gasteiger partial charge is 0.241 e. The number of amides is 1. The van der Waals surface area contributed by atoms with Gasteiger partial charge in [-0.05, 0) is 30.2 Å². The highest BCUT2D eigenvalue weighted by molar-refractivity contribution is 5.81. The second-order valence-electron chi connectivity index (χ2n) is 5.65. The Balaban J connectivity index is 1.54. The maximum atomic E-state index is 12.2. The van der Waals surface area contributed by atoms with Gasteiger partial charge in [0, 0.05) is 11.9 Å². The Morgan fingerprint density at radius 3 is 2.72 bits per heavy atom. The zero-order chi connectivity index (χ0) is 17.6. The number of carbonyl (C=O) groups is 1. The van der Waals surface area contributed by atoms with E-state index in [1.165, 1.54) is 0 Å². The van der Waals surface area contributed by atoms with Crippen LogP contribution in [0.1, 0.15) is 5.56 Å². The molecule has 0 aliphatic heterocycles. The van der Waals surface area contributed by atoms with Crippen molar-refractivity contribution in [3.05, 3.63) is 54.2 Å². The van der Waals surface area contributed by atoms with Gasteiger partial charge >= 0.3 is 0 Å². The number of methoxy groups -OCH3 is 2. The Labute approximate surface area is 146 Å². The minimum absolute atomic E-state index is 0.0608. The topological polar surface area (TPSA) is 65.4 Å². The van der Waals surface area contributed by atoms with Gasteiger partial charge in [0.25, 0.3) is 0 Å². The van der Waals surface area contributed by atoms with E-state index in [0.717, 1.165) is 16.5 Å². The molecular weight excluding hydrogens is 318 g/mol. The molecule has 1 N–H and O–H groups in total. The van der Waals surface area contributed by atoms with Crippen LogP contribution >= 0.6 is 0 Å². The minimum atomic E-state index is -0.0608. The number of aromatic nitrogens is 2. The first kappa shape index (κ1) is 16.8. The van der Waals surface area contributed by atoms with Gasteiger partial charge in [0.2, 0.25) is 5.91 Å². The Kier molecular flexibility index (Phi) is 5.18. The summed E-state index contributed by atoms with van der Waals surface area (Å²) < 4.78 is 12.2. The van der Waals surface area contributed by atoms with E-state index in [2.05, 4.69) is 10.4 Å². The molecule has 6 heteroatoms. The number of rotatable bonds is 7. The van der Waals surface area contributed by atoms with Crippen molar-refractivity contribution in [2.45, 2.75) is 13.0 Å². The summed E-state index contributed by atoms with van der Waals surface area (Å²) in [5, 5.41) is 8.23. The number of benzene rings is 2. The Morgan fingerprint density at radius 1 is 1.12 bits per heavy atom. The van der Waals surface area contributed by atoms with Gasteiger partial charge < -0.3 is 14.8 Å². The number of hydrogen-bond acceptors (Lipinski definition) is 4. The molecule has 0 spiro atoms. The second-order valence-corrected chi connectivity index (χ2v) is 5.65. The fraction of sp³-hybridized carbons (Fsp3) is 0.263. The van der Waals surface area contributed by atoms with Crippen LogP contribution in [0, 0.1) is 0 Å². The van der Waals surface area contributed by atoms with Gasteiger partial charge in [-0.25, -0.2) is 0 Å². The molecule has 0 saturated heterocycles. The van der Waals surface area contributed by atoms with Crippen LogP contribution in [-0.2, 0) is 17.8 Å². The standard InChI is InChI=1S/C19H21N3O3/c1-24-17-8-7-14(11-18(17)25-2)9-10-20-19(23)13-22-16-6-4-3-5-15(16)12-21-22/h3-8,11-12H,9-10,13H2,1-2H3,(H,20,23). The molecule has 2 aromatic carbocycles. The van der Waals surface area contributed by atoms with Gasteiger partial charge in [-0.3, -0.25) is 9.48 Å². The average Bonchev–Trinajstić information content (AvgIpc) is 3.04. The predicted molar refractivity (Wildman–Crippen MR) is 96.0 cm³/mol. The van der Waals surface area contributed by atoms with Crippen molar-refractivity contribution in [1.29, 1.82) is 0 Å². The number of nitrogens with one attached hydrogen (secondary N) is 1. The van der Waals surface area contributed by atoms with Gasteiger partial charge in [0.05, 0.1) is 25.9 Å². The van der Waals surface area contributed by atoms with Crippen LogP contribution in [0.5, 0.6) is 11.5 Å². The number of carbonyl (C=O) groups excluding carboxylic acids is 1. The summed E-state index contributed by atoms with van der Waals surface area (Å²) in [6.45, 7) is 0.757. The molecular formula is C19H21N3O3.